The number of amides is 2. The van der Waals surface area contributed by atoms with Gasteiger partial charge >= 0.3 is 0 Å². The van der Waals surface area contributed by atoms with Crippen LogP contribution in [0, 0.1) is 5.82 Å². The molecule has 1 aliphatic rings. The van der Waals surface area contributed by atoms with Crippen molar-refractivity contribution in [3.05, 3.63) is 101 Å². The number of benzene rings is 3. The van der Waals surface area contributed by atoms with Crippen LogP contribution >= 0.6 is 23.4 Å². The molecule has 6 nitrogen and oxygen atoms in total. The lowest BCUT2D eigenvalue weighted by atomic mass is 9.99. The van der Waals surface area contributed by atoms with Crippen LogP contribution in [0.4, 0.5) is 10.2 Å². The first-order valence-electron chi connectivity index (χ1n) is 12.4. The van der Waals surface area contributed by atoms with Gasteiger partial charge in [0.25, 0.3) is 0 Å². The number of anilines is 1. The standard InChI is InChI=1S/C29H26ClFN4O2S/c1-2-16-32-24(36)17-34-25(37)18-38-28(20-12-6-8-14-22(20)31)26-27(19-10-4-3-5-11-19)33-35(29(26)34)23-15-9-7-13-21(23)30/h3-15,28H,2,16-18H2,1H3,(H,32,36)/t28-/m0/s1. The number of carbonyl (C=O) groups is 2. The van der Waals surface area contributed by atoms with Gasteiger partial charge in [-0.15, -0.1) is 11.8 Å². The number of para-hydroxylation sites is 1. The zero-order valence-electron chi connectivity index (χ0n) is 20.7. The lowest BCUT2D eigenvalue weighted by Gasteiger charge is -2.23. The maximum atomic E-state index is 15.2. The Hall–Kier alpha value is -3.62. The van der Waals surface area contributed by atoms with Crippen LogP contribution in [0.2, 0.25) is 5.02 Å². The highest BCUT2D eigenvalue weighted by Gasteiger charge is 2.38. The van der Waals surface area contributed by atoms with Gasteiger partial charge in [0.15, 0.2) is 0 Å². The van der Waals surface area contributed by atoms with Crippen molar-refractivity contribution < 1.29 is 14.0 Å². The molecule has 0 unspecified atom stereocenters. The van der Waals surface area contributed by atoms with Crippen molar-refractivity contribution in [2.75, 3.05) is 23.7 Å². The molecule has 9 heteroatoms. The SMILES string of the molecule is CCCNC(=O)CN1C(=O)CS[C@@H](c2ccccc2F)c2c(-c3ccccc3)nn(-c3ccccc3Cl)c21. The second kappa shape index (κ2) is 11.4. The summed E-state index contributed by atoms with van der Waals surface area (Å²) in [4.78, 5) is 28.0. The fraction of sp³-hybridized carbons (Fsp3) is 0.207. The van der Waals surface area contributed by atoms with Gasteiger partial charge < -0.3 is 5.32 Å². The molecule has 0 radical (unpaired) electrons. The molecule has 1 aliphatic heterocycles. The monoisotopic (exact) mass is 548 g/mol. The van der Waals surface area contributed by atoms with E-state index in [9.17, 15) is 9.59 Å². The first kappa shape index (κ1) is 26.0. The van der Waals surface area contributed by atoms with Crippen molar-refractivity contribution in [2.24, 2.45) is 0 Å². The third-order valence-electron chi connectivity index (χ3n) is 6.28. The summed E-state index contributed by atoms with van der Waals surface area (Å²) < 4.78 is 16.9. The van der Waals surface area contributed by atoms with Crippen LogP contribution in [-0.4, -0.2) is 40.4 Å². The van der Waals surface area contributed by atoms with Gasteiger partial charge in [0.1, 0.15) is 18.2 Å². The maximum Gasteiger partial charge on any atom is 0.240 e. The molecule has 4 aromatic rings. The van der Waals surface area contributed by atoms with Crippen LogP contribution in [-0.2, 0) is 9.59 Å². The number of hydrogen-bond acceptors (Lipinski definition) is 4. The van der Waals surface area contributed by atoms with E-state index in [2.05, 4.69) is 5.32 Å². The summed E-state index contributed by atoms with van der Waals surface area (Å²) in [7, 11) is 0. The number of nitrogens with zero attached hydrogens (tertiary/aromatic N) is 3. The largest absolute Gasteiger partial charge is 0.355 e. The van der Waals surface area contributed by atoms with Gasteiger partial charge in [-0.1, -0.05) is 79.2 Å². The molecular weight excluding hydrogens is 523 g/mol. The second-order valence-electron chi connectivity index (χ2n) is 8.86. The van der Waals surface area contributed by atoms with E-state index in [1.807, 2.05) is 49.4 Å². The highest BCUT2D eigenvalue weighted by Crippen LogP contribution is 2.49. The Morgan fingerprint density at radius 3 is 2.53 bits per heavy atom. The summed E-state index contributed by atoms with van der Waals surface area (Å²) >= 11 is 7.95. The molecule has 0 spiro atoms. The van der Waals surface area contributed by atoms with E-state index < -0.39 is 5.25 Å². The molecule has 38 heavy (non-hydrogen) atoms. The molecule has 194 valence electrons. The molecule has 0 bridgehead atoms. The van der Waals surface area contributed by atoms with Gasteiger partial charge in [-0.05, 0) is 24.6 Å². The highest BCUT2D eigenvalue weighted by molar-refractivity contribution is 8.00. The van der Waals surface area contributed by atoms with Gasteiger partial charge in [0, 0.05) is 23.2 Å². The first-order chi connectivity index (χ1) is 18.5. The predicted octanol–water partition coefficient (Wildman–Crippen LogP) is 6.03. The molecule has 1 aromatic heterocycles. The number of fused-ring (bicyclic) bond motifs is 1. The fourth-order valence-corrected chi connectivity index (χ4v) is 5.95. The summed E-state index contributed by atoms with van der Waals surface area (Å²) in [5.41, 5.74) is 3.05. The Labute approximate surface area is 229 Å². The maximum absolute atomic E-state index is 15.2. The summed E-state index contributed by atoms with van der Waals surface area (Å²) in [5.74, 6) is -0.456. The molecule has 1 atom stereocenters. The molecule has 3 aromatic carbocycles. The van der Waals surface area contributed by atoms with Gasteiger partial charge in [-0.3, -0.25) is 14.5 Å². The van der Waals surface area contributed by atoms with Gasteiger partial charge in [-0.2, -0.15) is 5.10 Å². The Morgan fingerprint density at radius 2 is 1.79 bits per heavy atom. The van der Waals surface area contributed by atoms with E-state index in [0.717, 1.165) is 12.0 Å². The summed E-state index contributed by atoms with van der Waals surface area (Å²) in [6.45, 7) is 2.27. The molecule has 1 N–H and O–H groups in total. The minimum atomic E-state index is -0.551. The van der Waals surface area contributed by atoms with Crippen molar-refractivity contribution in [3.8, 4) is 16.9 Å². The van der Waals surface area contributed by atoms with E-state index in [1.165, 1.54) is 22.7 Å². The molecule has 2 amide bonds. The minimum Gasteiger partial charge on any atom is -0.355 e. The molecule has 0 saturated carbocycles. The molecule has 2 heterocycles. The highest BCUT2D eigenvalue weighted by atomic mass is 35.5. The van der Waals surface area contributed by atoms with Crippen molar-refractivity contribution in [1.29, 1.82) is 0 Å². The molecule has 0 fully saturated rings. The smallest absolute Gasteiger partial charge is 0.240 e. The quantitative estimate of drug-likeness (QED) is 0.306. The average molecular weight is 549 g/mol. The Kier molecular flexibility index (Phi) is 7.81. The number of carbonyl (C=O) groups excluding carboxylic acids is 2. The number of rotatable bonds is 7. The topological polar surface area (TPSA) is 67.2 Å². The summed E-state index contributed by atoms with van der Waals surface area (Å²) in [6, 6.07) is 23.3. The Morgan fingerprint density at radius 1 is 1.08 bits per heavy atom. The zero-order chi connectivity index (χ0) is 26.6. The zero-order valence-corrected chi connectivity index (χ0v) is 22.3. The number of aromatic nitrogens is 2. The molecular formula is C29H26ClFN4O2S. The number of halogens is 2. The van der Waals surface area contributed by atoms with Crippen LogP contribution in [0.3, 0.4) is 0 Å². The lowest BCUT2D eigenvalue weighted by molar-refractivity contribution is -0.122. The fourth-order valence-electron chi connectivity index (χ4n) is 4.52. The lowest BCUT2D eigenvalue weighted by Crippen LogP contribution is -2.42. The Balaban J connectivity index is 1.81. The predicted molar refractivity (Wildman–Crippen MR) is 150 cm³/mol. The van der Waals surface area contributed by atoms with E-state index in [1.54, 1.807) is 35.0 Å². The van der Waals surface area contributed by atoms with Gasteiger partial charge in [0.2, 0.25) is 11.8 Å². The van der Waals surface area contributed by atoms with Crippen molar-refractivity contribution in [3.63, 3.8) is 0 Å². The van der Waals surface area contributed by atoms with E-state index in [0.29, 0.717) is 39.9 Å². The first-order valence-corrected chi connectivity index (χ1v) is 13.8. The molecule has 0 aliphatic carbocycles. The Bertz CT molecular complexity index is 1480. The van der Waals surface area contributed by atoms with E-state index in [4.69, 9.17) is 16.7 Å². The van der Waals surface area contributed by atoms with E-state index >= 15 is 4.39 Å². The summed E-state index contributed by atoms with van der Waals surface area (Å²) in [6.07, 6.45) is 0.770. The molecule has 0 saturated heterocycles. The third kappa shape index (κ3) is 5.06. The number of thioether (sulfide) groups is 1. The minimum absolute atomic E-state index is 0.0610. The van der Waals surface area contributed by atoms with Crippen LogP contribution < -0.4 is 10.2 Å². The van der Waals surface area contributed by atoms with Gasteiger partial charge in [-0.25, -0.2) is 9.07 Å². The second-order valence-corrected chi connectivity index (χ2v) is 10.4. The number of nitrogens with one attached hydrogen (secondary N) is 1. The number of hydrogen-bond donors (Lipinski definition) is 1. The van der Waals surface area contributed by atoms with Crippen LogP contribution in [0.15, 0.2) is 78.9 Å². The van der Waals surface area contributed by atoms with Crippen LogP contribution in [0.5, 0.6) is 0 Å². The normalized spacial score (nSPS) is 15.2. The van der Waals surface area contributed by atoms with Gasteiger partial charge in [0.05, 0.1) is 27.4 Å². The van der Waals surface area contributed by atoms with Crippen LogP contribution in [0.25, 0.3) is 16.9 Å². The van der Waals surface area contributed by atoms with Crippen LogP contribution in [0.1, 0.15) is 29.7 Å². The van der Waals surface area contributed by atoms with Crippen molar-refractivity contribution >= 4 is 41.0 Å². The summed E-state index contributed by atoms with van der Waals surface area (Å²) in [5, 5.41) is 7.70. The van der Waals surface area contributed by atoms with Crippen molar-refractivity contribution in [1.82, 2.24) is 15.1 Å². The molecule has 5 rings (SSSR count). The third-order valence-corrected chi connectivity index (χ3v) is 7.83. The average Bonchev–Trinajstić information content (AvgIpc) is 3.25. The van der Waals surface area contributed by atoms with Crippen molar-refractivity contribution in [2.45, 2.75) is 18.6 Å². The van der Waals surface area contributed by atoms with E-state index in [-0.39, 0.29) is 29.9 Å².